The molecule has 0 heteroatoms. The van der Waals surface area contributed by atoms with Gasteiger partial charge in [0.2, 0.25) is 0 Å². The van der Waals surface area contributed by atoms with Crippen molar-refractivity contribution in [2.24, 2.45) is 0 Å². The van der Waals surface area contributed by atoms with Crippen LogP contribution in [0.15, 0.2) is 182 Å². The van der Waals surface area contributed by atoms with Crippen LogP contribution < -0.4 is 0 Å². The minimum absolute atomic E-state index is 0.114. The van der Waals surface area contributed by atoms with Gasteiger partial charge in [-0.2, -0.15) is 0 Å². The van der Waals surface area contributed by atoms with E-state index in [0.717, 1.165) is 0 Å². The highest BCUT2D eigenvalue weighted by atomic mass is 14.4. The summed E-state index contributed by atoms with van der Waals surface area (Å²) in [4.78, 5) is 0. The lowest BCUT2D eigenvalue weighted by Gasteiger charge is -2.23. The number of benzene rings is 10. The SMILES string of the molecule is CC1(C)c2cc(-c3ccc4ccc(-c5ccc6c7ccccc7c7ccccc7c6c5)cc4c3)ccc2-c2ccc(-c3cccc4ccccc34)cc21. The lowest BCUT2D eigenvalue weighted by molar-refractivity contribution is 0.661. The first-order valence-corrected chi connectivity index (χ1v) is 18.7. The predicted octanol–water partition coefficient (Wildman–Crippen LogP) is 14.8. The van der Waals surface area contributed by atoms with Gasteiger partial charge in [-0.15, -0.1) is 0 Å². The largest absolute Gasteiger partial charge is 0.0616 e. The summed E-state index contributed by atoms with van der Waals surface area (Å²) in [7, 11) is 0. The summed E-state index contributed by atoms with van der Waals surface area (Å²) in [6.07, 6.45) is 0. The summed E-state index contributed by atoms with van der Waals surface area (Å²) < 4.78 is 0. The Morgan fingerprint density at radius 2 is 0.717 bits per heavy atom. The molecule has 0 heterocycles. The van der Waals surface area contributed by atoms with Gasteiger partial charge < -0.3 is 0 Å². The molecule has 0 spiro atoms. The summed E-state index contributed by atoms with van der Waals surface area (Å²) in [6, 6.07) is 68.0. The molecule has 53 heavy (non-hydrogen) atoms. The Hall–Kier alpha value is -6.50. The molecule has 10 aromatic rings. The average molecular weight is 673 g/mol. The Morgan fingerprint density at radius 1 is 0.264 bits per heavy atom. The van der Waals surface area contributed by atoms with Crippen molar-refractivity contribution in [1.82, 2.24) is 0 Å². The zero-order valence-electron chi connectivity index (χ0n) is 29.8. The fourth-order valence-electron chi connectivity index (χ4n) is 9.25. The summed E-state index contributed by atoms with van der Waals surface area (Å²) >= 11 is 0. The number of fused-ring (bicyclic) bond motifs is 11. The molecule has 0 atom stereocenters. The number of hydrogen-bond donors (Lipinski definition) is 0. The van der Waals surface area contributed by atoms with Crippen LogP contribution in [0.1, 0.15) is 25.0 Å². The predicted molar refractivity (Wildman–Crippen MR) is 228 cm³/mol. The van der Waals surface area contributed by atoms with E-state index in [0.29, 0.717) is 0 Å². The van der Waals surface area contributed by atoms with E-state index in [1.54, 1.807) is 0 Å². The van der Waals surface area contributed by atoms with E-state index in [2.05, 4.69) is 196 Å². The molecule has 0 N–H and O–H groups in total. The third kappa shape index (κ3) is 4.55. The first-order chi connectivity index (χ1) is 26.0. The molecule has 1 aliphatic carbocycles. The van der Waals surface area contributed by atoms with Gasteiger partial charge in [-0.3, -0.25) is 0 Å². The van der Waals surface area contributed by atoms with Crippen LogP contribution in [0.3, 0.4) is 0 Å². The molecule has 248 valence electrons. The second-order valence-corrected chi connectivity index (χ2v) is 15.3. The lowest BCUT2D eigenvalue weighted by Crippen LogP contribution is -2.15. The van der Waals surface area contributed by atoms with Gasteiger partial charge in [-0.25, -0.2) is 0 Å². The Kier molecular flexibility index (Phi) is 6.40. The van der Waals surface area contributed by atoms with E-state index in [4.69, 9.17) is 0 Å². The van der Waals surface area contributed by atoms with Gasteiger partial charge in [0.1, 0.15) is 0 Å². The zero-order valence-corrected chi connectivity index (χ0v) is 29.8. The summed E-state index contributed by atoms with van der Waals surface area (Å²) in [5.74, 6) is 0. The maximum Gasteiger partial charge on any atom is 0.0159 e. The minimum atomic E-state index is -0.114. The monoisotopic (exact) mass is 672 g/mol. The van der Waals surface area contributed by atoms with E-state index in [1.807, 2.05) is 0 Å². The molecule has 0 saturated carbocycles. The lowest BCUT2D eigenvalue weighted by atomic mass is 9.80. The van der Waals surface area contributed by atoms with Crippen LogP contribution >= 0.6 is 0 Å². The van der Waals surface area contributed by atoms with E-state index in [-0.39, 0.29) is 5.41 Å². The molecule has 1 aliphatic rings. The summed E-state index contributed by atoms with van der Waals surface area (Å²) in [5, 5.41) is 12.9. The quantitative estimate of drug-likeness (QED) is 0.164. The highest BCUT2D eigenvalue weighted by molar-refractivity contribution is 6.25. The Morgan fingerprint density at radius 3 is 1.38 bits per heavy atom. The molecule has 0 fully saturated rings. The van der Waals surface area contributed by atoms with Crippen LogP contribution in [0.4, 0.5) is 0 Å². The van der Waals surface area contributed by atoms with Crippen molar-refractivity contribution in [1.29, 1.82) is 0 Å². The van der Waals surface area contributed by atoms with Gasteiger partial charge in [0.15, 0.2) is 0 Å². The van der Waals surface area contributed by atoms with Crippen molar-refractivity contribution in [2.45, 2.75) is 19.3 Å². The summed E-state index contributed by atoms with van der Waals surface area (Å²) in [6.45, 7) is 4.77. The molecule has 10 aromatic carbocycles. The molecule has 0 nitrogen and oxygen atoms in total. The van der Waals surface area contributed by atoms with E-state index < -0.39 is 0 Å². The smallest absolute Gasteiger partial charge is 0.0159 e. The fourth-order valence-corrected chi connectivity index (χ4v) is 9.25. The second kappa shape index (κ2) is 11.2. The van der Waals surface area contributed by atoms with Crippen molar-refractivity contribution >= 4 is 53.9 Å². The van der Waals surface area contributed by atoms with E-state index in [9.17, 15) is 0 Å². The van der Waals surface area contributed by atoms with Crippen molar-refractivity contribution in [2.75, 3.05) is 0 Å². The molecule has 0 radical (unpaired) electrons. The van der Waals surface area contributed by atoms with Crippen molar-refractivity contribution in [3.05, 3.63) is 193 Å². The Labute approximate surface area is 309 Å². The maximum absolute atomic E-state index is 2.44. The molecule has 0 amide bonds. The molecule has 0 aliphatic heterocycles. The fraction of sp³-hybridized carbons (Fsp3) is 0.0566. The van der Waals surface area contributed by atoms with Crippen LogP contribution in [-0.4, -0.2) is 0 Å². The third-order valence-corrected chi connectivity index (χ3v) is 12.0. The van der Waals surface area contributed by atoms with Crippen LogP contribution in [0.25, 0.3) is 98.4 Å². The van der Waals surface area contributed by atoms with Crippen LogP contribution in [0, 0.1) is 0 Å². The van der Waals surface area contributed by atoms with E-state index >= 15 is 0 Å². The van der Waals surface area contributed by atoms with Gasteiger partial charge in [0, 0.05) is 5.41 Å². The van der Waals surface area contributed by atoms with Crippen LogP contribution in [-0.2, 0) is 5.41 Å². The van der Waals surface area contributed by atoms with Gasteiger partial charge >= 0.3 is 0 Å². The highest BCUT2D eigenvalue weighted by Crippen LogP contribution is 2.51. The molecule has 0 bridgehead atoms. The molecule has 11 rings (SSSR count). The average Bonchev–Trinajstić information content (AvgIpc) is 3.44. The van der Waals surface area contributed by atoms with Crippen molar-refractivity contribution in [3.8, 4) is 44.5 Å². The number of hydrogen-bond acceptors (Lipinski definition) is 0. The van der Waals surface area contributed by atoms with Crippen molar-refractivity contribution in [3.63, 3.8) is 0 Å². The van der Waals surface area contributed by atoms with Crippen LogP contribution in [0.2, 0.25) is 0 Å². The van der Waals surface area contributed by atoms with Gasteiger partial charge in [-0.05, 0) is 140 Å². The number of rotatable bonds is 3. The molecular formula is C53H36. The van der Waals surface area contributed by atoms with Gasteiger partial charge in [0.05, 0.1) is 0 Å². The third-order valence-electron chi connectivity index (χ3n) is 12.0. The second-order valence-electron chi connectivity index (χ2n) is 15.3. The summed E-state index contributed by atoms with van der Waals surface area (Å²) in [5.41, 5.74) is 12.9. The molecule has 0 aromatic heterocycles. The minimum Gasteiger partial charge on any atom is -0.0616 e. The Bertz CT molecular complexity index is 3100. The first kappa shape index (κ1) is 30.2. The normalized spacial score (nSPS) is 13.2. The van der Waals surface area contributed by atoms with Crippen molar-refractivity contribution < 1.29 is 0 Å². The van der Waals surface area contributed by atoms with E-state index in [1.165, 1.54) is 109 Å². The van der Waals surface area contributed by atoms with Gasteiger partial charge in [0.25, 0.3) is 0 Å². The van der Waals surface area contributed by atoms with Gasteiger partial charge in [-0.1, -0.05) is 166 Å². The standard InChI is InChI=1S/C53H36/c1-53(2)51-31-38(23-26-48(51)49-27-24-39(32-52(49)53)42-17-9-11-34-10-3-4-12-41(34)42)36-21-19-33-18-20-35(28-40(33)29-36)37-22-25-47-45-15-6-5-13-43(45)44-14-7-8-16-46(44)50(47)30-37/h3-32H,1-2H3. The molecule has 0 saturated heterocycles. The topological polar surface area (TPSA) is 0 Å². The molecule has 0 unspecified atom stereocenters. The molecular weight excluding hydrogens is 637 g/mol. The first-order valence-electron chi connectivity index (χ1n) is 18.7. The zero-order chi connectivity index (χ0) is 35.3. The maximum atomic E-state index is 2.44. The highest BCUT2D eigenvalue weighted by Gasteiger charge is 2.36. The van der Waals surface area contributed by atoms with Crippen LogP contribution in [0.5, 0.6) is 0 Å². The Balaban J connectivity index is 0.979.